The molecule has 1 N–H and O–H groups in total. The van der Waals surface area contributed by atoms with Crippen LogP contribution in [0.5, 0.6) is 0 Å². The van der Waals surface area contributed by atoms with Crippen LogP contribution in [0.1, 0.15) is 34.3 Å². The molecule has 5 nitrogen and oxygen atoms in total. The topological polar surface area (TPSA) is 62.3 Å². The van der Waals surface area contributed by atoms with E-state index in [1.54, 1.807) is 11.0 Å². The minimum Gasteiger partial charge on any atom is -0.312 e. The van der Waals surface area contributed by atoms with Crippen molar-refractivity contribution in [2.24, 2.45) is 0 Å². The Morgan fingerprint density at radius 1 is 1.18 bits per heavy atom. The van der Waals surface area contributed by atoms with Crippen LogP contribution in [0, 0.1) is 13.8 Å². The molecule has 4 rings (SSSR count). The van der Waals surface area contributed by atoms with Gasteiger partial charge in [-0.15, -0.1) is 11.3 Å². The van der Waals surface area contributed by atoms with Crippen molar-refractivity contribution >= 4 is 34.0 Å². The maximum absolute atomic E-state index is 12.9. The molecule has 2 heterocycles. The second-order valence-electron chi connectivity index (χ2n) is 6.98. The lowest BCUT2D eigenvalue weighted by Crippen LogP contribution is -2.27. The lowest BCUT2D eigenvalue weighted by Gasteiger charge is -2.18. The Kier molecular flexibility index (Phi) is 4.96. The van der Waals surface area contributed by atoms with Gasteiger partial charge in [-0.2, -0.15) is 0 Å². The number of benzene rings is 2. The average molecular weight is 391 g/mol. The SMILES string of the molecule is Cc1ccc(C)c(-c2csc(NC(=O)c3ccccc3N3CCCC3=O)n2)c1. The number of nitrogens with one attached hydrogen (secondary N) is 1. The molecule has 1 saturated heterocycles. The third-order valence-corrected chi connectivity index (χ3v) is 5.66. The molecule has 0 unspecified atom stereocenters. The summed E-state index contributed by atoms with van der Waals surface area (Å²) in [4.78, 5) is 31.3. The molecule has 1 fully saturated rings. The molecule has 2 aromatic carbocycles. The third kappa shape index (κ3) is 3.55. The van der Waals surface area contributed by atoms with E-state index in [0.29, 0.717) is 29.3 Å². The Labute approximate surface area is 168 Å². The molecule has 0 aliphatic carbocycles. The molecule has 0 saturated carbocycles. The Bertz CT molecular complexity index is 1060. The molecule has 0 atom stereocenters. The van der Waals surface area contributed by atoms with Crippen molar-refractivity contribution in [3.8, 4) is 11.3 Å². The number of amides is 2. The van der Waals surface area contributed by atoms with Gasteiger partial charge in [0.1, 0.15) is 0 Å². The van der Waals surface area contributed by atoms with Gasteiger partial charge in [0.05, 0.1) is 16.9 Å². The van der Waals surface area contributed by atoms with E-state index >= 15 is 0 Å². The summed E-state index contributed by atoms with van der Waals surface area (Å²) < 4.78 is 0. The van der Waals surface area contributed by atoms with Crippen molar-refractivity contribution in [3.05, 3.63) is 64.5 Å². The monoisotopic (exact) mass is 391 g/mol. The van der Waals surface area contributed by atoms with Crippen molar-refractivity contribution in [2.75, 3.05) is 16.8 Å². The van der Waals surface area contributed by atoms with Crippen LogP contribution in [0.2, 0.25) is 0 Å². The molecule has 1 aliphatic rings. The fourth-order valence-electron chi connectivity index (χ4n) is 3.43. The van der Waals surface area contributed by atoms with Crippen LogP contribution >= 0.6 is 11.3 Å². The fraction of sp³-hybridized carbons (Fsp3) is 0.227. The number of thiazole rings is 1. The molecule has 28 heavy (non-hydrogen) atoms. The Hall–Kier alpha value is -2.99. The van der Waals surface area contributed by atoms with Crippen LogP contribution in [0.15, 0.2) is 47.8 Å². The third-order valence-electron chi connectivity index (χ3n) is 4.91. The summed E-state index contributed by atoms with van der Waals surface area (Å²) in [6.07, 6.45) is 1.35. The molecule has 1 aliphatic heterocycles. The number of carbonyl (C=O) groups excluding carboxylic acids is 2. The van der Waals surface area contributed by atoms with Crippen LogP contribution in [0.25, 0.3) is 11.3 Å². The fourth-order valence-corrected chi connectivity index (χ4v) is 4.14. The van der Waals surface area contributed by atoms with Gasteiger partial charge >= 0.3 is 0 Å². The van der Waals surface area contributed by atoms with E-state index in [9.17, 15) is 9.59 Å². The smallest absolute Gasteiger partial charge is 0.259 e. The first kappa shape index (κ1) is 18.4. The van der Waals surface area contributed by atoms with Gasteiger partial charge in [-0.05, 0) is 44.0 Å². The Morgan fingerprint density at radius 2 is 2.00 bits per heavy atom. The van der Waals surface area contributed by atoms with Crippen molar-refractivity contribution < 1.29 is 9.59 Å². The molecule has 3 aromatic rings. The van der Waals surface area contributed by atoms with Gasteiger partial charge < -0.3 is 4.90 Å². The van der Waals surface area contributed by atoms with Crippen molar-refractivity contribution in [2.45, 2.75) is 26.7 Å². The van der Waals surface area contributed by atoms with Gasteiger partial charge in [0.2, 0.25) is 5.91 Å². The minimum atomic E-state index is -0.253. The number of anilines is 2. The van der Waals surface area contributed by atoms with Crippen LogP contribution in [-0.4, -0.2) is 23.3 Å². The second-order valence-corrected chi connectivity index (χ2v) is 7.83. The number of aryl methyl sites for hydroxylation is 2. The summed E-state index contributed by atoms with van der Waals surface area (Å²) in [6, 6.07) is 13.5. The zero-order valence-electron chi connectivity index (χ0n) is 15.9. The zero-order chi connectivity index (χ0) is 19.7. The van der Waals surface area contributed by atoms with Gasteiger partial charge in [-0.3, -0.25) is 14.9 Å². The van der Waals surface area contributed by atoms with Gasteiger partial charge in [0.15, 0.2) is 5.13 Å². The number of rotatable bonds is 4. The van der Waals surface area contributed by atoms with Crippen LogP contribution in [-0.2, 0) is 4.79 Å². The first-order valence-corrected chi connectivity index (χ1v) is 10.1. The summed E-state index contributed by atoms with van der Waals surface area (Å²) in [5, 5.41) is 5.39. The molecule has 2 amide bonds. The van der Waals surface area contributed by atoms with Crippen LogP contribution < -0.4 is 10.2 Å². The summed E-state index contributed by atoms with van der Waals surface area (Å²) >= 11 is 1.40. The molecule has 0 bridgehead atoms. The van der Waals surface area contributed by atoms with Gasteiger partial charge in [-0.25, -0.2) is 4.98 Å². The minimum absolute atomic E-state index is 0.0618. The van der Waals surface area contributed by atoms with E-state index in [1.165, 1.54) is 16.9 Å². The number of para-hydroxylation sites is 1. The average Bonchev–Trinajstić information content (AvgIpc) is 3.32. The van der Waals surface area contributed by atoms with Crippen LogP contribution in [0.4, 0.5) is 10.8 Å². The van der Waals surface area contributed by atoms with Gasteiger partial charge in [0, 0.05) is 23.9 Å². The van der Waals surface area contributed by atoms with Gasteiger partial charge in [0.25, 0.3) is 5.91 Å². The molecule has 0 spiro atoms. The standard InChI is InChI=1S/C22H21N3O2S/c1-14-9-10-15(2)17(12-14)18-13-28-22(23-18)24-21(27)16-6-3-4-7-19(16)25-11-5-8-20(25)26/h3-4,6-7,9-10,12-13H,5,8,11H2,1-2H3,(H,23,24,27). The number of aromatic nitrogens is 1. The second kappa shape index (κ2) is 7.56. The van der Waals surface area contributed by atoms with E-state index in [4.69, 9.17) is 0 Å². The summed E-state index contributed by atoms with van der Waals surface area (Å²) in [5.41, 5.74) is 5.38. The Balaban J connectivity index is 1.58. The molecule has 1 aromatic heterocycles. The number of carbonyl (C=O) groups is 2. The molecular weight excluding hydrogens is 370 g/mol. The lowest BCUT2D eigenvalue weighted by molar-refractivity contribution is -0.117. The lowest BCUT2D eigenvalue weighted by atomic mass is 10.0. The van der Waals surface area contributed by atoms with Gasteiger partial charge in [-0.1, -0.05) is 29.8 Å². The van der Waals surface area contributed by atoms with E-state index < -0.39 is 0 Å². The highest BCUT2D eigenvalue weighted by Crippen LogP contribution is 2.30. The number of nitrogens with zero attached hydrogens (tertiary/aromatic N) is 2. The van der Waals surface area contributed by atoms with Crippen molar-refractivity contribution in [1.82, 2.24) is 4.98 Å². The summed E-state index contributed by atoms with van der Waals surface area (Å²) in [6.45, 7) is 4.75. The normalized spacial score (nSPS) is 13.8. The number of hydrogen-bond acceptors (Lipinski definition) is 4. The Morgan fingerprint density at radius 3 is 2.79 bits per heavy atom. The van der Waals surface area contributed by atoms with E-state index in [1.807, 2.05) is 23.6 Å². The summed E-state index contributed by atoms with van der Waals surface area (Å²) in [5.74, 6) is -0.191. The highest BCUT2D eigenvalue weighted by molar-refractivity contribution is 7.14. The first-order valence-electron chi connectivity index (χ1n) is 9.27. The maximum atomic E-state index is 12.9. The predicted molar refractivity (Wildman–Crippen MR) is 113 cm³/mol. The molecule has 142 valence electrons. The van der Waals surface area contributed by atoms with E-state index in [2.05, 4.69) is 42.3 Å². The maximum Gasteiger partial charge on any atom is 0.259 e. The summed E-state index contributed by atoms with van der Waals surface area (Å²) in [7, 11) is 0. The number of hydrogen-bond donors (Lipinski definition) is 1. The first-order chi connectivity index (χ1) is 13.5. The predicted octanol–water partition coefficient (Wildman–Crippen LogP) is 4.81. The zero-order valence-corrected chi connectivity index (χ0v) is 16.7. The highest BCUT2D eigenvalue weighted by Gasteiger charge is 2.25. The molecule has 0 radical (unpaired) electrons. The molecular formula is C22H21N3O2S. The quantitative estimate of drug-likeness (QED) is 0.694. The highest BCUT2D eigenvalue weighted by atomic mass is 32.1. The largest absolute Gasteiger partial charge is 0.312 e. The van der Waals surface area contributed by atoms with Crippen LogP contribution in [0.3, 0.4) is 0 Å². The molecule has 6 heteroatoms. The van der Waals surface area contributed by atoms with Crippen molar-refractivity contribution in [3.63, 3.8) is 0 Å². The van der Waals surface area contributed by atoms with E-state index in [-0.39, 0.29) is 11.8 Å². The van der Waals surface area contributed by atoms with E-state index in [0.717, 1.165) is 23.2 Å². The van der Waals surface area contributed by atoms with Crippen molar-refractivity contribution in [1.29, 1.82) is 0 Å².